The second-order valence-electron chi connectivity index (χ2n) is 6.42. The Morgan fingerprint density at radius 1 is 1.38 bits per heavy atom. The zero-order valence-electron chi connectivity index (χ0n) is 16.6. The number of carboxylic acid groups (broad SMARTS) is 1. The standard InChI is InChI=1S/C21H26N2O6/c1-4-12-29-16-9-6-8-15(13-16)19-18(20(26)28-5-2)14(3)23(21(27)22-19)11-7-10-17(24)25/h4,6,8-9,13,19H,1,5,7,10-12H2,2-3H3,(H,22,27)(H,24,25)/t19-/m1/s1. The van der Waals surface area contributed by atoms with Gasteiger partial charge in [0.25, 0.3) is 0 Å². The molecule has 1 aliphatic heterocycles. The third-order valence-electron chi connectivity index (χ3n) is 4.42. The molecule has 29 heavy (non-hydrogen) atoms. The number of nitrogens with one attached hydrogen (secondary N) is 1. The van der Waals surface area contributed by atoms with Crippen molar-refractivity contribution in [1.29, 1.82) is 0 Å². The summed E-state index contributed by atoms with van der Waals surface area (Å²) in [6, 6.07) is 5.99. The van der Waals surface area contributed by atoms with Crippen LogP contribution in [0, 0.1) is 0 Å². The van der Waals surface area contributed by atoms with Crippen LogP contribution < -0.4 is 10.1 Å². The second kappa shape index (κ2) is 10.3. The Kier molecular flexibility index (Phi) is 7.82. The number of benzene rings is 1. The van der Waals surface area contributed by atoms with E-state index in [1.807, 2.05) is 0 Å². The molecule has 2 N–H and O–H groups in total. The Morgan fingerprint density at radius 2 is 2.14 bits per heavy atom. The van der Waals surface area contributed by atoms with Crippen molar-refractivity contribution in [3.05, 3.63) is 53.8 Å². The molecule has 1 aromatic rings. The first-order chi connectivity index (χ1) is 13.9. The molecule has 2 amide bonds. The summed E-state index contributed by atoms with van der Waals surface area (Å²) >= 11 is 0. The fourth-order valence-corrected chi connectivity index (χ4v) is 3.10. The molecular formula is C21H26N2O6. The van der Waals surface area contributed by atoms with E-state index in [1.165, 1.54) is 4.90 Å². The molecule has 0 aromatic heterocycles. The number of urea groups is 1. The maximum absolute atomic E-state index is 12.7. The lowest BCUT2D eigenvalue weighted by atomic mass is 9.94. The third kappa shape index (κ3) is 5.60. The first-order valence-corrected chi connectivity index (χ1v) is 9.40. The number of carbonyl (C=O) groups is 3. The molecular weight excluding hydrogens is 376 g/mol. The van der Waals surface area contributed by atoms with Crippen LogP contribution in [-0.2, 0) is 14.3 Å². The highest BCUT2D eigenvalue weighted by Gasteiger charge is 2.36. The summed E-state index contributed by atoms with van der Waals surface area (Å²) in [5.41, 5.74) is 1.43. The third-order valence-corrected chi connectivity index (χ3v) is 4.42. The number of carboxylic acids is 1. The number of hydrogen-bond donors (Lipinski definition) is 2. The van der Waals surface area contributed by atoms with Gasteiger partial charge >= 0.3 is 18.0 Å². The average molecular weight is 402 g/mol. The Hall–Kier alpha value is -3.29. The van der Waals surface area contributed by atoms with Crippen molar-refractivity contribution in [2.45, 2.75) is 32.7 Å². The number of amides is 2. The van der Waals surface area contributed by atoms with E-state index in [0.29, 0.717) is 29.2 Å². The number of nitrogens with zero attached hydrogens (tertiary/aromatic N) is 1. The van der Waals surface area contributed by atoms with Crippen LogP contribution in [0.15, 0.2) is 48.2 Å². The van der Waals surface area contributed by atoms with E-state index in [2.05, 4.69) is 11.9 Å². The quantitative estimate of drug-likeness (QED) is 0.460. The van der Waals surface area contributed by atoms with Crippen LogP contribution in [-0.4, -0.2) is 47.7 Å². The van der Waals surface area contributed by atoms with Crippen LogP contribution in [0.25, 0.3) is 0 Å². The van der Waals surface area contributed by atoms with Crippen molar-refractivity contribution in [2.24, 2.45) is 0 Å². The topological polar surface area (TPSA) is 105 Å². The molecule has 0 saturated carbocycles. The molecule has 0 fully saturated rings. The maximum Gasteiger partial charge on any atom is 0.338 e. The number of hydrogen-bond acceptors (Lipinski definition) is 5. The lowest BCUT2D eigenvalue weighted by Gasteiger charge is -2.35. The van der Waals surface area contributed by atoms with Gasteiger partial charge in [-0.3, -0.25) is 9.69 Å². The zero-order chi connectivity index (χ0) is 21.4. The van der Waals surface area contributed by atoms with E-state index in [4.69, 9.17) is 14.6 Å². The predicted octanol–water partition coefficient (Wildman–Crippen LogP) is 3.02. The Labute approximate surface area is 169 Å². The van der Waals surface area contributed by atoms with Gasteiger partial charge in [0.15, 0.2) is 0 Å². The molecule has 1 atom stereocenters. The highest BCUT2D eigenvalue weighted by Crippen LogP contribution is 2.33. The van der Waals surface area contributed by atoms with E-state index in [9.17, 15) is 14.4 Å². The number of esters is 1. The summed E-state index contributed by atoms with van der Waals surface area (Å²) in [7, 11) is 0. The number of aliphatic carboxylic acids is 1. The fourth-order valence-electron chi connectivity index (χ4n) is 3.10. The van der Waals surface area contributed by atoms with Crippen molar-refractivity contribution in [2.75, 3.05) is 19.8 Å². The van der Waals surface area contributed by atoms with Gasteiger partial charge in [-0.15, -0.1) is 0 Å². The molecule has 0 bridgehead atoms. The lowest BCUT2D eigenvalue weighted by Crippen LogP contribution is -2.48. The minimum Gasteiger partial charge on any atom is -0.490 e. The maximum atomic E-state index is 12.7. The summed E-state index contributed by atoms with van der Waals surface area (Å²) in [6.07, 6.45) is 1.82. The molecule has 0 radical (unpaired) electrons. The van der Waals surface area contributed by atoms with Gasteiger partial charge in [0.1, 0.15) is 12.4 Å². The van der Waals surface area contributed by atoms with E-state index in [-0.39, 0.29) is 26.0 Å². The van der Waals surface area contributed by atoms with Gasteiger partial charge in [-0.25, -0.2) is 9.59 Å². The SMILES string of the molecule is C=CCOc1cccc([C@H]2NC(=O)N(CCCC(=O)O)C(C)=C2C(=O)OCC)c1. The molecule has 8 heteroatoms. The summed E-state index contributed by atoms with van der Waals surface area (Å²) in [5.74, 6) is -0.888. The molecule has 1 aliphatic rings. The van der Waals surface area contributed by atoms with Crippen LogP contribution in [0.5, 0.6) is 5.75 Å². The first kappa shape index (κ1) is 22.0. The largest absolute Gasteiger partial charge is 0.490 e. The van der Waals surface area contributed by atoms with Gasteiger partial charge in [0, 0.05) is 18.7 Å². The van der Waals surface area contributed by atoms with Crippen LogP contribution in [0.2, 0.25) is 0 Å². The number of carbonyl (C=O) groups excluding carboxylic acids is 2. The van der Waals surface area contributed by atoms with Crippen molar-refractivity contribution in [3.63, 3.8) is 0 Å². The highest BCUT2D eigenvalue weighted by atomic mass is 16.5. The minimum absolute atomic E-state index is 0.0715. The van der Waals surface area contributed by atoms with E-state index in [0.717, 1.165) is 0 Å². The Morgan fingerprint density at radius 3 is 2.79 bits per heavy atom. The summed E-state index contributed by atoms with van der Waals surface area (Å²) in [4.78, 5) is 37.5. The molecule has 0 saturated heterocycles. The van der Waals surface area contributed by atoms with Crippen molar-refractivity contribution in [3.8, 4) is 5.75 Å². The smallest absolute Gasteiger partial charge is 0.338 e. The van der Waals surface area contributed by atoms with Crippen LogP contribution in [0.3, 0.4) is 0 Å². The molecule has 0 unspecified atom stereocenters. The summed E-state index contributed by atoms with van der Waals surface area (Å²) in [5, 5.41) is 11.7. The van der Waals surface area contributed by atoms with E-state index < -0.39 is 24.0 Å². The average Bonchev–Trinajstić information content (AvgIpc) is 2.68. The molecule has 1 aromatic carbocycles. The van der Waals surface area contributed by atoms with Gasteiger partial charge in [-0.1, -0.05) is 24.8 Å². The van der Waals surface area contributed by atoms with Crippen LogP contribution in [0.1, 0.15) is 38.3 Å². The molecule has 0 spiro atoms. The van der Waals surface area contributed by atoms with Crippen molar-refractivity contribution in [1.82, 2.24) is 10.2 Å². The Bertz CT molecular complexity index is 817. The Balaban J connectivity index is 2.39. The summed E-state index contributed by atoms with van der Waals surface area (Å²) < 4.78 is 10.8. The van der Waals surface area contributed by atoms with Gasteiger partial charge in [-0.2, -0.15) is 0 Å². The first-order valence-electron chi connectivity index (χ1n) is 9.40. The highest BCUT2D eigenvalue weighted by molar-refractivity contribution is 5.95. The predicted molar refractivity (Wildman–Crippen MR) is 106 cm³/mol. The lowest BCUT2D eigenvalue weighted by molar-refractivity contribution is -0.139. The van der Waals surface area contributed by atoms with Crippen molar-refractivity contribution >= 4 is 18.0 Å². The second-order valence-corrected chi connectivity index (χ2v) is 6.42. The van der Waals surface area contributed by atoms with Crippen LogP contribution >= 0.6 is 0 Å². The molecule has 0 aliphatic carbocycles. The van der Waals surface area contributed by atoms with Gasteiger partial charge in [-0.05, 0) is 38.0 Å². The van der Waals surface area contributed by atoms with E-state index >= 15 is 0 Å². The normalized spacial score (nSPS) is 16.3. The molecule has 156 valence electrons. The summed E-state index contributed by atoms with van der Waals surface area (Å²) in [6.45, 7) is 7.69. The number of rotatable bonds is 10. The zero-order valence-corrected chi connectivity index (χ0v) is 16.6. The monoisotopic (exact) mass is 402 g/mol. The van der Waals surface area contributed by atoms with Crippen molar-refractivity contribution < 1.29 is 29.0 Å². The van der Waals surface area contributed by atoms with Crippen LogP contribution in [0.4, 0.5) is 4.79 Å². The molecule has 1 heterocycles. The van der Waals surface area contributed by atoms with E-state index in [1.54, 1.807) is 44.2 Å². The van der Waals surface area contributed by atoms with Gasteiger partial charge in [0.2, 0.25) is 0 Å². The molecule has 8 nitrogen and oxygen atoms in total. The fraction of sp³-hybridized carbons (Fsp3) is 0.381. The molecule has 2 rings (SSSR count). The number of allylic oxidation sites excluding steroid dienone is 1. The van der Waals surface area contributed by atoms with Gasteiger partial charge in [0.05, 0.1) is 18.2 Å². The van der Waals surface area contributed by atoms with Gasteiger partial charge < -0.3 is 19.9 Å². The minimum atomic E-state index is -0.941. The number of ether oxygens (including phenoxy) is 2.